The van der Waals surface area contributed by atoms with Gasteiger partial charge in [-0.25, -0.2) is 4.68 Å². The van der Waals surface area contributed by atoms with Crippen LogP contribution in [0.1, 0.15) is 42.1 Å². The van der Waals surface area contributed by atoms with E-state index >= 15 is 0 Å². The summed E-state index contributed by atoms with van der Waals surface area (Å²) >= 11 is 0. The van der Waals surface area contributed by atoms with E-state index in [0.29, 0.717) is 11.6 Å². The summed E-state index contributed by atoms with van der Waals surface area (Å²) in [6.45, 7) is 0. The first-order chi connectivity index (χ1) is 11.3. The van der Waals surface area contributed by atoms with Crippen LogP contribution in [0.15, 0.2) is 48.5 Å². The van der Waals surface area contributed by atoms with E-state index in [0.717, 1.165) is 29.6 Å². The van der Waals surface area contributed by atoms with Crippen LogP contribution in [0.5, 0.6) is 0 Å². The lowest BCUT2D eigenvalue weighted by Gasteiger charge is -2.10. The topological polar surface area (TPSA) is 59.8 Å². The van der Waals surface area contributed by atoms with Crippen molar-refractivity contribution in [3.8, 4) is 0 Å². The fraction of sp³-hybridized carbons (Fsp3) is 0.278. The summed E-state index contributed by atoms with van der Waals surface area (Å²) in [5, 5.41) is 11.4. The van der Waals surface area contributed by atoms with Gasteiger partial charge in [-0.1, -0.05) is 36.3 Å². The minimum Gasteiger partial charge on any atom is -0.322 e. The van der Waals surface area contributed by atoms with Gasteiger partial charge in [0.25, 0.3) is 5.91 Å². The van der Waals surface area contributed by atoms with E-state index in [1.807, 2.05) is 53.2 Å². The zero-order valence-electron chi connectivity index (χ0n) is 12.8. The van der Waals surface area contributed by atoms with Crippen LogP contribution >= 0.6 is 0 Å². The largest absolute Gasteiger partial charge is 0.322 e. The number of rotatable bonds is 3. The molecule has 1 aromatic heterocycles. The maximum absolute atomic E-state index is 12.4. The third-order valence-corrected chi connectivity index (χ3v) is 4.44. The van der Waals surface area contributed by atoms with Crippen molar-refractivity contribution in [2.24, 2.45) is 0 Å². The second-order valence-corrected chi connectivity index (χ2v) is 6.00. The van der Waals surface area contributed by atoms with Crippen LogP contribution in [0.25, 0.3) is 11.0 Å². The molecule has 23 heavy (non-hydrogen) atoms. The van der Waals surface area contributed by atoms with Crippen LogP contribution in [0.4, 0.5) is 5.69 Å². The van der Waals surface area contributed by atoms with Crippen LogP contribution in [-0.2, 0) is 0 Å². The Morgan fingerprint density at radius 2 is 1.87 bits per heavy atom. The number of amides is 1. The Balaban J connectivity index is 1.60. The standard InChI is InChI=1S/C18H18N4O/c23-18(19-14-6-2-1-3-7-14)13-10-11-17-16(12-13)20-21-22(17)15-8-4-5-9-15/h1-3,6-7,10-12,15H,4-5,8-9H2,(H,19,23). The maximum Gasteiger partial charge on any atom is 0.255 e. The number of aromatic nitrogens is 3. The number of nitrogens with one attached hydrogen (secondary N) is 1. The highest BCUT2D eigenvalue weighted by Crippen LogP contribution is 2.31. The predicted octanol–water partition coefficient (Wildman–Crippen LogP) is 3.80. The van der Waals surface area contributed by atoms with Crippen molar-refractivity contribution >= 4 is 22.6 Å². The maximum atomic E-state index is 12.4. The van der Waals surface area contributed by atoms with Gasteiger partial charge in [-0.3, -0.25) is 4.79 Å². The molecule has 5 nitrogen and oxygen atoms in total. The molecule has 0 saturated heterocycles. The Hall–Kier alpha value is -2.69. The van der Waals surface area contributed by atoms with Gasteiger partial charge in [0.15, 0.2) is 0 Å². The van der Waals surface area contributed by atoms with Crippen LogP contribution in [0, 0.1) is 0 Å². The number of hydrogen-bond donors (Lipinski definition) is 1. The first-order valence-electron chi connectivity index (χ1n) is 8.02. The summed E-state index contributed by atoms with van der Waals surface area (Å²) in [5.41, 5.74) is 3.16. The monoisotopic (exact) mass is 306 g/mol. The Labute approximate surface area is 134 Å². The molecule has 0 bridgehead atoms. The van der Waals surface area contributed by atoms with Gasteiger partial charge in [0.2, 0.25) is 0 Å². The second-order valence-electron chi connectivity index (χ2n) is 6.00. The summed E-state index contributed by atoms with van der Waals surface area (Å²) in [5.74, 6) is -0.131. The average Bonchev–Trinajstić information content (AvgIpc) is 3.24. The molecule has 1 saturated carbocycles. The Bertz CT molecular complexity index is 835. The molecular formula is C18H18N4O. The van der Waals surface area contributed by atoms with Crippen molar-refractivity contribution < 1.29 is 4.79 Å². The smallest absolute Gasteiger partial charge is 0.255 e. The van der Waals surface area contributed by atoms with E-state index < -0.39 is 0 Å². The SMILES string of the molecule is O=C(Nc1ccccc1)c1ccc2c(c1)nnn2C1CCCC1. The van der Waals surface area contributed by atoms with E-state index in [2.05, 4.69) is 15.6 Å². The van der Waals surface area contributed by atoms with Gasteiger partial charge in [0.05, 0.1) is 11.6 Å². The molecule has 0 spiro atoms. The summed E-state index contributed by atoms with van der Waals surface area (Å²) < 4.78 is 2.02. The number of hydrogen-bond acceptors (Lipinski definition) is 3. The zero-order valence-corrected chi connectivity index (χ0v) is 12.8. The normalized spacial score (nSPS) is 15.1. The highest BCUT2D eigenvalue weighted by molar-refractivity contribution is 6.05. The Kier molecular flexibility index (Phi) is 3.54. The van der Waals surface area contributed by atoms with Crippen molar-refractivity contribution in [1.82, 2.24) is 15.0 Å². The zero-order chi connectivity index (χ0) is 15.6. The molecule has 0 radical (unpaired) electrons. The van der Waals surface area contributed by atoms with Crippen molar-refractivity contribution in [2.75, 3.05) is 5.32 Å². The first-order valence-corrected chi connectivity index (χ1v) is 8.02. The molecule has 1 amide bonds. The summed E-state index contributed by atoms with van der Waals surface area (Å²) in [7, 11) is 0. The number of anilines is 1. The van der Waals surface area contributed by atoms with Crippen LogP contribution in [0.3, 0.4) is 0 Å². The van der Waals surface area contributed by atoms with Gasteiger partial charge < -0.3 is 5.32 Å². The van der Waals surface area contributed by atoms with E-state index in [9.17, 15) is 4.79 Å². The van der Waals surface area contributed by atoms with Gasteiger partial charge in [-0.15, -0.1) is 5.10 Å². The molecule has 1 aliphatic rings. The van der Waals surface area contributed by atoms with Crippen LogP contribution in [0.2, 0.25) is 0 Å². The molecule has 1 fully saturated rings. The predicted molar refractivity (Wildman–Crippen MR) is 89.4 cm³/mol. The summed E-state index contributed by atoms with van der Waals surface area (Å²) in [6.07, 6.45) is 4.83. The molecule has 1 N–H and O–H groups in total. The summed E-state index contributed by atoms with van der Waals surface area (Å²) in [4.78, 5) is 12.4. The molecule has 5 heteroatoms. The highest BCUT2D eigenvalue weighted by atomic mass is 16.1. The van der Waals surface area contributed by atoms with Gasteiger partial charge in [-0.05, 0) is 43.2 Å². The lowest BCUT2D eigenvalue weighted by molar-refractivity contribution is 0.102. The van der Waals surface area contributed by atoms with Gasteiger partial charge >= 0.3 is 0 Å². The number of benzene rings is 2. The molecule has 4 rings (SSSR count). The number of para-hydroxylation sites is 1. The quantitative estimate of drug-likeness (QED) is 0.800. The Morgan fingerprint density at radius 3 is 2.65 bits per heavy atom. The van der Waals surface area contributed by atoms with Crippen molar-refractivity contribution in [2.45, 2.75) is 31.7 Å². The highest BCUT2D eigenvalue weighted by Gasteiger charge is 2.20. The van der Waals surface area contributed by atoms with Crippen LogP contribution < -0.4 is 5.32 Å². The number of carbonyl (C=O) groups is 1. The van der Waals surface area contributed by atoms with Gasteiger partial charge in [0, 0.05) is 11.3 Å². The molecule has 2 aromatic carbocycles. The lowest BCUT2D eigenvalue weighted by Crippen LogP contribution is -2.11. The van der Waals surface area contributed by atoms with E-state index in [-0.39, 0.29) is 5.91 Å². The lowest BCUT2D eigenvalue weighted by atomic mass is 10.1. The third-order valence-electron chi connectivity index (χ3n) is 4.44. The number of fused-ring (bicyclic) bond motifs is 1. The molecule has 1 aliphatic carbocycles. The minimum absolute atomic E-state index is 0.131. The molecule has 0 atom stereocenters. The fourth-order valence-corrected chi connectivity index (χ4v) is 3.23. The molecular weight excluding hydrogens is 288 g/mol. The van der Waals surface area contributed by atoms with E-state index in [4.69, 9.17) is 0 Å². The molecule has 116 valence electrons. The molecule has 1 heterocycles. The van der Waals surface area contributed by atoms with Gasteiger partial charge in [-0.2, -0.15) is 0 Å². The van der Waals surface area contributed by atoms with Crippen LogP contribution in [-0.4, -0.2) is 20.9 Å². The molecule has 0 unspecified atom stereocenters. The van der Waals surface area contributed by atoms with Gasteiger partial charge in [0.1, 0.15) is 5.52 Å². The average molecular weight is 306 g/mol. The molecule has 0 aliphatic heterocycles. The fourth-order valence-electron chi connectivity index (χ4n) is 3.23. The van der Waals surface area contributed by atoms with Crippen molar-refractivity contribution in [3.05, 3.63) is 54.1 Å². The number of nitrogens with zero attached hydrogens (tertiary/aromatic N) is 3. The van der Waals surface area contributed by atoms with Crippen molar-refractivity contribution in [1.29, 1.82) is 0 Å². The Morgan fingerprint density at radius 1 is 1.09 bits per heavy atom. The van der Waals surface area contributed by atoms with E-state index in [1.54, 1.807) is 0 Å². The minimum atomic E-state index is -0.131. The summed E-state index contributed by atoms with van der Waals surface area (Å²) in [6, 6.07) is 15.5. The second kappa shape index (κ2) is 5.83. The van der Waals surface area contributed by atoms with Crippen molar-refractivity contribution in [3.63, 3.8) is 0 Å². The molecule has 3 aromatic rings. The third kappa shape index (κ3) is 2.70. The van der Waals surface area contributed by atoms with E-state index in [1.165, 1.54) is 12.8 Å². The first kappa shape index (κ1) is 13.9. The number of carbonyl (C=O) groups excluding carboxylic acids is 1.